The summed E-state index contributed by atoms with van der Waals surface area (Å²) in [6.45, 7) is 3.97. The molecule has 2 N–H and O–H groups in total. The van der Waals surface area contributed by atoms with Crippen LogP contribution in [0, 0.1) is 0 Å². The van der Waals surface area contributed by atoms with E-state index in [4.69, 9.17) is 4.74 Å². The molecule has 3 aromatic rings. The molecule has 0 bridgehead atoms. The molecule has 0 aliphatic carbocycles. The molecule has 2 aliphatic heterocycles. The highest BCUT2D eigenvalue weighted by atomic mass is 16.5. The lowest BCUT2D eigenvalue weighted by molar-refractivity contribution is 0.0958. The third-order valence-electron chi connectivity index (χ3n) is 7.29. The second-order valence-electron chi connectivity index (χ2n) is 9.19. The van der Waals surface area contributed by atoms with E-state index < -0.39 is 0 Å². The first-order chi connectivity index (χ1) is 16.6. The van der Waals surface area contributed by atoms with Gasteiger partial charge in [-0.3, -0.25) is 14.5 Å². The van der Waals surface area contributed by atoms with Crippen LogP contribution < -0.4 is 20.5 Å². The number of likely N-dealkylation sites (tertiary alicyclic amines) is 1. The van der Waals surface area contributed by atoms with Crippen LogP contribution in [0.3, 0.4) is 0 Å². The molecule has 34 heavy (non-hydrogen) atoms. The van der Waals surface area contributed by atoms with Crippen LogP contribution in [-0.4, -0.2) is 67.2 Å². The number of methoxy groups -OCH3 is 1. The van der Waals surface area contributed by atoms with Crippen LogP contribution in [0.5, 0.6) is 5.75 Å². The van der Waals surface area contributed by atoms with E-state index in [1.807, 2.05) is 24.3 Å². The van der Waals surface area contributed by atoms with E-state index in [1.54, 1.807) is 26.4 Å². The standard InChI is InChI=1S/C26H31N5O3/c1-27-26(33)23-6-3-20(15-28-23)30-11-8-19(9-12-30)31-10-7-17(16-31)24-14-18-13-21(34-2)4-5-22(18)25(32)29-24/h3-6,13-15,17,19H,7-12,16H2,1-2H3,(H,27,33)(H,29,32). The van der Waals surface area contributed by atoms with Crippen molar-refractivity contribution in [2.24, 2.45) is 0 Å². The molecule has 5 rings (SSSR count). The average Bonchev–Trinajstić information content (AvgIpc) is 3.38. The summed E-state index contributed by atoms with van der Waals surface area (Å²) in [5.74, 6) is 0.936. The molecule has 8 heteroatoms. The fourth-order valence-corrected chi connectivity index (χ4v) is 5.31. The molecule has 2 fully saturated rings. The van der Waals surface area contributed by atoms with E-state index in [-0.39, 0.29) is 11.5 Å². The zero-order valence-corrected chi connectivity index (χ0v) is 19.7. The Morgan fingerprint density at radius 1 is 1.12 bits per heavy atom. The van der Waals surface area contributed by atoms with Crippen molar-refractivity contribution in [1.29, 1.82) is 0 Å². The minimum Gasteiger partial charge on any atom is -0.497 e. The van der Waals surface area contributed by atoms with Crippen LogP contribution in [0.25, 0.3) is 10.8 Å². The van der Waals surface area contributed by atoms with Gasteiger partial charge in [0.25, 0.3) is 11.5 Å². The predicted octanol–water partition coefficient (Wildman–Crippen LogP) is 2.75. The van der Waals surface area contributed by atoms with Gasteiger partial charge in [0.1, 0.15) is 11.4 Å². The van der Waals surface area contributed by atoms with Crippen LogP contribution >= 0.6 is 0 Å². The second-order valence-corrected chi connectivity index (χ2v) is 9.19. The zero-order valence-electron chi connectivity index (χ0n) is 19.7. The first kappa shape index (κ1) is 22.4. The fraction of sp³-hybridized carbons (Fsp3) is 0.423. The number of fused-ring (bicyclic) bond motifs is 1. The van der Waals surface area contributed by atoms with Crippen molar-refractivity contribution in [1.82, 2.24) is 20.2 Å². The Balaban J connectivity index is 1.21. The van der Waals surface area contributed by atoms with Crippen molar-refractivity contribution in [3.8, 4) is 5.75 Å². The smallest absolute Gasteiger partial charge is 0.269 e. The number of carbonyl (C=O) groups excluding carboxylic acids is 1. The maximum Gasteiger partial charge on any atom is 0.269 e. The predicted molar refractivity (Wildman–Crippen MR) is 133 cm³/mol. The number of nitrogens with zero attached hydrogens (tertiary/aromatic N) is 3. The van der Waals surface area contributed by atoms with E-state index in [1.165, 1.54) is 0 Å². The average molecular weight is 462 g/mol. The van der Waals surface area contributed by atoms with Crippen molar-refractivity contribution >= 4 is 22.4 Å². The molecule has 8 nitrogen and oxygen atoms in total. The van der Waals surface area contributed by atoms with Crippen LogP contribution in [0.15, 0.2) is 47.4 Å². The third-order valence-corrected chi connectivity index (χ3v) is 7.29. The molecule has 2 saturated heterocycles. The number of hydrogen-bond donors (Lipinski definition) is 2. The molecule has 1 atom stereocenters. The summed E-state index contributed by atoms with van der Waals surface area (Å²) in [7, 11) is 3.26. The number of benzene rings is 1. The van der Waals surface area contributed by atoms with Gasteiger partial charge in [-0.1, -0.05) is 0 Å². The molecule has 1 unspecified atom stereocenters. The molecule has 4 heterocycles. The Hall–Kier alpha value is -3.39. The van der Waals surface area contributed by atoms with Crippen LogP contribution in [-0.2, 0) is 0 Å². The molecule has 1 amide bonds. The molecule has 2 aromatic heterocycles. The normalized spacial score (nSPS) is 19.5. The van der Waals surface area contributed by atoms with Crippen molar-refractivity contribution in [2.45, 2.75) is 31.2 Å². The Morgan fingerprint density at radius 3 is 2.65 bits per heavy atom. The van der Waals surface area contributed by atoms with Gasteiger partial charge in [-0.25, -0.2) is 4.98 Å². The maximum atomic E-state index is 12.6. The highest BCUT2D eigenvalue weighted by Crippen LogP contribution is 2.32. The van der Waals surface area contributed by atoms with Gasteiger partial charge in [0, 0.05) is 49.7 Å². The number of aromatic nitrogens is 2. The van der Waals surface area contributed by atoms with Crippen molar-refractivity contribution in [3.63, 3.8) is 0 Å². The van der Waals surface area contributed by atoms with Gasteiger partial charge in [-0.05, 0) is 67.6 Å². The van der Waals surface area contributed by atoms with Crippen molar-refractivity contribution in [3.05, 3.63) is 64.3 Å². The molecule has 2 aliphatic rings. The number of H-pyrrole nitrogens is 1. The second kappa shape index (κ2) is 9.46. The minimum absolute atomic E-state index is 0.0297. The molecular weight excluding hydrogens is 430 g/mol. The van der Waals surface area contributed by atoms with Crippen LogP contribution in [0.4, 0.5) is 5.69 Å². The largest absolute Gasteiger partial charge is 0.497 e. The number of amides is 1. The summed E-state index contributed by atoms with van der Waals surface area (Å²) < 4.78 is 5.34. The van der Waals surface area contributed by atoms with Gasteiger partial charge < -0.3 is 19.9 Å². The molecule has 1 aromatic carbocycles. The Morgan fingerprint density at radius 2 is 1.94 bits per heavy atom. The van der Waals surface area contributed by atoms with Gasteiger partial charge in [0.2, 0.25) is 0 Å². The Bertz CT molecular complexity index is 1230. The van der Waals surface area contributed by atoms with Gasteiger partial charge >= 0.3 is 0 Å². The number of anilines is 1. The summed E-state index contributed by atoms with van der Waals surface area (Å²) in [6.07, 6.45) is 5.03. The lowest BCUT2D eigenvalue weighted by Crippen LogP contribution is -2.44. The van der Waals surface area contributed by atoms with E-state index >= 15 is 0 Å². The van der Waals surface area contributed by atoms with Gasteiger partial charge in [0.05, 0.1) is 19.0 Å². The first-order valence-electron chi connectivity index (χ1n) is 11.9. The number of rotatable bonds is 5. The quantitative estimate of drug-likeness (QED) is 0.607. The molecular formula is C26H31N5O3. The number of pyridine rings is 2. The summed E-state index contributed by atoms with van der Waals surface area (Å²) in [6, 6.07) is 12.0. The number of aromatic amines is 1. The number of carbonyl (C=O) groups is 1. The summed E-state index contributed by atoms with van der Waals surface area (Å²) in [5.41, 5.74) is 2.50. The van der Waals surface area contributed by atoms with E-state index in [0.717, 1.165) is 68.0 Å². The highest BCUT2D eigenvalue weighted by Gasteiger charge is 2.32. The highest BCUT2D eigenvalue weighted by molar-refractivity contribution is 5.92. The van der Waals surface area contributed by atoms with E-state index in [9.17, 15) is 9.59 Å². The number of ether oxygens (including phenoxy) is 1. The minimum atomic E-state index is -0.166. The van der Waals surface area contributed by atoms with E-state index in [0.29, 0.717) is 23.0 Å². The van der Waals surface area contributed by atoms with Crippen LogP contribution in [0.2, 0.25) is 0 Å². The molecule has 178 valence electrons. The molecule has 0 spiro atoms. The third kappa shape index (κ3) is 4.37. The first-order valence-corrected chi connectivity index (χ1v) is 11.9. The lowest BCUT2D eigenvalue weighted by Gasteiger charge is -2.37. The number of nitrogens with one attached hydrogen (secondary N) is 2. The van der Waals surface area contributed by atoms with Crippen molar-refractivity contribution < 1.29 is 9.53 Å². The number of hydrogen-bond acceptors (Lipinski definition) is 6. The monoisotopic (exact) mass is 461 g/mol. The summed E-state index contributed by atoms with van der Waals surface area (Å²) in [5, 5.41) is 4.23. The van der Waals surface area contributed by atoms with E-state index in [2.05, 4.69) is 31.2 Å². The van der Waals surface area contributed by atoms with Gasteiger partial charge in [-0.15, -0.1) is 0 Å². The summed E-state index contributed by atoms with van der Waals surface area (Å²) >= 11 is 0. The van der Waals surface area contributed by atoms with Gasteiger partial charge in [-0.2, -0.15) is 0 Å². The molecule has 0 saturated carbocycles. The fourth-order valence-electron chi connectivity index (χ4n) is 5.31. The SMILES string of the molecule is CNC(=O)c1ccc(N2CCC(N3CCC(c4cc5cc(OC)ccc5c(=O)[nH]4)C3)CC2)cn1. The zero-order chi connectivity index (χ0) is 23.7. The van der Waals surface area contributed by atoms with Crippen LogP contribution in [0.1, 0.15) is 41.4 Å². The topological polar surface area (TPSA) is 90.6 Å². The maximum absolute atomic E-state index is 12.6. The number of piperidine rings is 1. The lowest BCUT2D eigenvalue weighted by atomic mass is 10.0. The van der Waals surface area contributed by atoms with Gasteiger partial charge in [0.15, 0.2) is 0 Å². The molecule has 0 radical (unpaired) electrons. The van der Waals surface area contributed by atoms with Crippen molar-refractivity contribution in [2.75, 3.05) is 45.2 Å². The Kier molecular flexibility index (Phi) is 6.24. The summed E-state index contributed by atoms with van der Waals surface area (Å²) in [4.78, 5) is 36.7. The Labute approximate surface area is 198 Å².